The molecule has 3 heteroatoms. The second-order valence-electron chi connectivity index (χ2n) is 4.04. The Hall–Kier alpha value is -1.06. The van der Waals surface area contributed by atoms with Gasteiger partial charge in [-0.05, 0) is 18.9 Å². The van der Waals surface area contributed by atoms with E-state index < -0.39 is 6.10 Å². The van der Waals surface area contributed by atoms with Crippen molar-refractivity contribution in [2.24, 2.45) is 5.73 Å². The molecule has 2 atom stereocenters. The van der Waals surface area contributed by atoms with E-state index in [0.717, 1.165) is 23.3 Å². The number of hydrogen-bond acceptors (Lipinski definition) is 3. The van der Waals surface area contributed by atoms with Gasteiger partial charge in [0.2, 0.25) is 0 Å². The molecule has 0 saturated carbocycles. The first-order chi connectivity index (χ1) is 7.24. The molecule has 3 nitrogen and oxygen atoms in total. The lowest BCUT2D eigenvalue weighted by Crippen LogP contribution is -2.31. The molecule has 0 bridgehead atoms. The standard InChI is InChI=1S/C12H17NO2/c1-8-3-2-4-10-9(11(14)7-13)5-6-15-12(8)10/h2-4,9,11,14H,5-7,13H2,1H3. The van der Waals surface area contributed by atoms with Crippen molar-refractivity contribution in [1.29, 1.82) is 0 Å². The van der Waals surface area contributed by atoms with E-state index in [1.165, 1.54) is 0 Å². The molecule has 1 aromatic carbocycles. The molecule has 2 rings (SSSR count). The molecule has 0 amide bonds. The third-order valence-corrected chi connectivity index (χ3v) is 3.02. The summed E-state index contributed by atoms with van der Waals surface area (Å²) >= 11 is 0. The lowest BCUT2D eigenvalue weighted by atomic mass is 9.87. The van der Waals surface area contributed by atoms with E-state index in [4.69, 9.17) is 10.5 Å². The summed E-state index contributed by atoms with van der Waals surface area (Å²) in [5, 5.41) is 9.84. The van der Waals surface area contributed by atoms with Crippen molar-refractivity contribution in [2.45, 2.75) is 25.4 Å². The molecule has 1 heterocycles. The Bertz CT molecular complexity index is 351. The van der Waals surface area contributed by atoms with Gasteiger partial charge in [-0.25, -0.2) is 0 Å². The van der Waals surface area contributed by atoms with Gasteiger partial charge in [-0.1, -0.05) is 18.2 Å². The lowest BCUT2D eigenvalue weighted by Gasteiger charge is -2.29. The maximum Gasteiger partial charge on any atom is 0.125 e. The van der Waals surface area contributed by atoms with E-state index in [9.17, 15) is 5.11 Å². The molecule has 1 aromatic rings. The fourth-order valence-electron chi connectivity index (χ4n) is 2.17. The number of rotatable bonds is 2. The van der Waals surface area contributed by atoms with Gasteiger partial charge in [0.25, 0.3) is 0 Å². The highest BCUT2D eigenvalue weighted by atomic mass is 16.5. The molecular formula is C12H17NO2. The number of nitrogens with two attached hydrogens (primary N) is 1. The zero-order valence-electron chi connectivity index (χ0n) is 8.94. The van der Waals surface area contributed by atoms with Crippen molar-refractivity contribution in [3.63, 3.8) is 0 Å². The van der Waals surface area contributed by atoms with E-state index >= 15 is 0 Å². The topological polar surface area (TPSA) is 55.5 Å². The molecule has 0 spiro atoms. The molecular weight excluding hydrogens is 190 g/mol. The van der Waals surface area contributed by atoms with Gasteiger partial charge in [0.1, 0.15) is 5.75 Å². The highest BCUT2D eigenvalue weighted by Gasteiger charge is 2.27. The minimum atomic E-state index is -0.463. The van der Waals surface area contributed by atoms with Gasteiger partial charge in [0.05, 0.1) is 12.7 Å². The molecule has 0 radical (unpaired) electrons. The Morgan fingerprint density at radius 1 is 1.60 bits per heavy atom. The summed E-state index contributed by atoms with van der Waals surface area (Å²) in [4.78, 5) is 0. The van der Waals surface area contributed by atoms with Crippen LogP contribution in [0.4, 0.5) is 0 Å². The van der Waals surface area contributed by atoms with E-state index in [-0.39, 0.29) is 5.92 Å². The predicted octanol–water partition coefficient (Wildman–Crippen LogP) is 1.18. The Kier molecular flexibility index (Phi) is 2.93. The first-order valence-corrected chi connectivity index (χ1v) is 5.34. The van der Waals surface area contributed by atoms with Crippen LogP contribution in [0, 0.1) is 6.92 Å². The maximum atomic E-state index is 9.84. The van der Waals surface area contributed by atoms with Crippen molar-refractivity contribution in [3.8, 4) is 5.75 Å². The summed E-state index contributed by atoms with van der Waals surface area (Å²) in [6.07, 6.45) is 0.379. The summed E-state index contributed by atoms with van der Waals surface area (Å²) in [6, 6.07) is 6.04. The molecule has 0 aliphatic carbocycles. The third kappa shape index (κ3) is 1.85. The highest BCUT2D eigenvalue weighted by Crippen LogP contribution is 2.37. The van der Waals surface area contributed by atoms with Gasteiger partial charge < -0.3 is 15.6 Å². The van der Waals surface area contributed by atoms with Crippen LogP contribution in [0.25, 0.3) is 0 Å². The Morgan fingerprint density at radius 2 is 2.40 bits per heavy atom. The number of fused-ring (bicyclic) bond motifs is 1. The van der Waals surface area contributed by atoms with Crippen LogP contribution >= 0.6 is 0 Å². The fraction of sp³-hybridized carbons (Fsp3) is 0.500. The quantitative estimate of drug-likeness (QED) is 0.765. The van der Waals surface area contributed by atoms with Gasteiger partial charge in [0.15, 0.2) is 0 Å². The van der Waals surface area contributed by atoms with Crippen LogP contribution in [-0.2, 0) is 0 Å². The number of hydrogen-bond donors (Lipinski definition) is 2. The Morgan fingerprint density at radius 3 is 3.13 bits per heavy atom. The van der Waals surface area contributed by atoms with E-state index in [2.05, 4.69) is 0 Å². The lowest BCUT2D eigenvalue weighted by molar-refractivity contribution is 0.123. The molecule has 2 unspecified atom stereocenters. The van der Waals surface area contributed by atoms with Crippen LogP contribution in [0.3, 0.4) is 0 Å². The van der Waals surface area contributed by atoms with Crippen LogP contribution in [0.15, 0.2) is 18.2 Å². The minimum absolute atomic E-state index is 0.124. The average molecular weight is 207 g/mol. The third-order valence-electron chi connectivity index (χ3n) is 3.02. The summed E-state index contributed by atoms with van der Waals surface area (Å²) in [5.41, 5.74) is 7.73. The van der Waals surface area contributed by atoms with E-state index in [1.54, 1.807) is 0 Å². The largest absolute Gasteiger partial charge is 0.493 e. The molecule has 3 N–H and O–H groups in total. The van der Waals surface area contributed by atoms with Crippen molar-refractivity contribution >= 4 is 0 Å². The second-order valence-corrected chi connectivity index (χ2v) is 4.04. The summed E-state index contributed by atoms with van der Waals surface area (Å²) in [6.45, 7) is 2.99. The molecule has 0 fully saturated rings. The zero-order valence-corrected chi connectivity index (χ0v) is 8.94. The van der Waals surface area contributed by atoms with Crippen LogP contribution in [0.1, 0.15) is 23.5 Å². The Labute approximate surface area is 89.9 Å². The van der Waals surface area contributed by atoms with Gasteiger partial charge in [-0.2, -0.15) is 0 Å². The van der Waals surface area contributed by atoms with Crippen LogP contribution < -0.4 is 10.5 Å². The highest BCUT2D eigenvalue weighted by molar-refractivity contribution is 5.44. The van der Waals surface area contributed by atoms with Crippen LogP contribution in [0.2, 0.25) is 0 Å². The van der Waals surface area contributed by atoms with Crippen molar-refractivity contribution in [2.75, 3.05) is 13.2 Å². The first-order valence-electron chi connectivity index (χ1n) is 5.34. The summed E-state index contributed by atoms with van der Waals surface area (Å²) < 4.78 is 5.63. The number of para-hydroxylation sites is 1. The first kappa shape index (κ1) is 10.5. The maximum absolute atomic E-state index is 9.84. The molecule has 82 valence electrons. The van der Waals surface area contributed by atoms with Gasteiger partial charge >= 0.3 is 0 Å². The predicted molar refractivity (Wildman–Crippen MR) is 59.1 cm³/mol. The summed E-state index contributed by atoms with van der Waals surface area (Å²) in [7, 11) is 0. The second kappa shape index (κ2) is 4.21. The van der Waals surface area contributed by atoms with Crippen molar-refractivity contribution in [3.05, 3.63) is 29.3 Å². The Balaban J connectivity index is 2.38. The number of ether oxygens (including phenoxy) is 1. The van der Waals surface area contributed by atoms with Gasteiger partial charge in [0, 0.05) is 18.0 Å². The SMILES string of the molecule is Cc1cccc2c1OCCC2C(O)CN. The number of benzene rings is 1. The molecule has 1 aliphatic rings. The molecule has 1 aliphatic heterocycles. The van der Waals surface area contributed by atoms with Crippen molar-refractivity contribution < 1.29 is 9.84 Å². The van der Waals surface area contributed by atoms with E-state index in [1.807, 2.05) is 25.1 Å². The van der Waals surface area contributed by atoms with Gasteiger partial charge in [-0.15, -0.1) is 0 Å². The number of aliphatic hydroxyl groups excluding tert-OH is 1. The number of aliphatic hydroxyl groups is 1. The smallest absolute Gasteiger partial charge is 0.125 e. The van der Waals surface area contributed by atoms with Crippen LogP contribution in [-0.4, -0.2) is 24.4 Å². The molecule has 0 aromatic heterocycles. The van der Waals surface area contributed by atoms with Gasteiger partial charge in [-0.3, -0.25) is 0 Å². The normalized spacial score (nSPS) is 21.7. The fourth-order valence-corrected chi connectivity index (χ4v) is 2.17. The monoisotopic (exact) mass is 207 g/mol. The van der Waals surface area contributed by atoms with E-state index in [0.29, 0.717) is 13.2 Å². The summed E-state index contributed by atoms with van der Waals surface area (Å²) in [5.74, 6) is 1.06. The zero-order chi connectivity index (χ0) is 10.8. The number of aryl methyl sites for hydroxylation is 1. The molecule has 0 saturated heterocycles. The minimum Gasteiger partial charge on any atom is -0.493 e. The molecule has 15 heavy (non-hydrogen) atoms. The van der Waals surface area contributed by atoms with Crippen molar-refractivity contribution in [1.82, 2.24) is 0 Å². The van der Waals surface area contributed by atoms with Crippen LogP contribution in [0.5, 0.6) is 5.75 Å². The average Bonchev–Trinajstić information content (AvgIpc) is 2.28.